The van der Waals surface area contributed by atoms with E-state index in [4.69, 9.17) is 14.6 Å². The third kappa shape index (κ3) is 3.39. The van der Waals surface area contributed by atoms with Crippen molar-refractivity contribution in [2.24, 2.45) is 0 Å². The van der Waals surface area contributed by atoms with E-state index in [1.54, 1.807) is 19.1 Å². The predicted molar refractivity (Wildman–Crippen MR) is 97.8 cm³/mol. The van der Waals surface area contributed by atoms with Crippen LogP contribution in [0.15, 0.2) is 63.8 Å². The van der Waals surface area contributed by atoms with Crippen LogP contribution in [-0.2, 0) is 0 Å². The maximum absolute atomic E-state index is 11.0. The van der Waals surface area contributed by atoms with Crippen molar-refractivity contribution in [2.75, 3.05) is 0 Å². The van der Waals surface area contributed by atoms with Crippen molar-refractivity contribution in [2.45, 2.75) is 6.92 Å². The molecule has 0 aliphatic heterocycles. The molecule has 4 aromatic rings. The summed E-state index contributed by atoms with van der Waals surface area (Å²) in [6.45, 7) is 1.73. The van der Waals surface area contributed by atoms with Crippen LogP contribution in [-0.4, -0.2) is 20.4 Å². The van der Waals surface area contributed by atoms with Crippen LogP contribution in [0.4, 0.5) is 0 Å². The second-order valence-corrected chi connectivity index (χ2v) is 5.77. The summed E-state index contributed by atoms with van der Waals surface area (Å²) in [7, 11) is 0. The highest BCUT2D eigenvalue weighted by Crippen LogP contribution is 2.31. The topological polar surface area (TPSA) is 111 Å². The van der Waals surface area contributed by atoms with E-state index in [-0.39, 0.29) is 28.6 Å². The smallest absolute Gasteiger partial charge is 0.336 e. The highest BCUT2D eigenvalue weighted by Gasteiger charge is 2.07. The van der Waals surface area contributed by atoms with Gasteiger partial charge in [0.1, 0.15) is 5.58 Å². The highest BCUT2D eigenvalue weighted by molar-refractivity contribution is 5.85. The Kier molecular flexibility index (Phi) is 4.41. The highest BCUT2D eigenvalue weighted by atomic mass is 16.4. The Morgan fingerprint density at radius 3 is 1.81 bits per heavy atom. The first-order valence-electron chi connectivity index (χ1n) is 7.72. The van der Waals surface area contributed by atoms with Gasteiger partial charge in [0.25, 0.3) is 0 Å². The summed E-state index contributed by atoms with van der Waals surface area (Å²) in [5, 5.41) is 39.2. The van der Waals surface area contributed by atoms with Gasteiger partial charge >= 0.3 is 5.63 Å². The van der Waals surface area contributed by atoms with Crippen LogP contribution in [0.2, 0.25) is 0 Å². The fraction of sp³-hybridized carbons (Fsp3) is 0.0500. The predicted octanol–water partition coefficient (Wildman–Crippen LogP) is 3.76. The molecule has 4 N–H and O–H groups in total. The zero-order valence-electron chi connectivity index (χ0n) is 13.8. The Labute approximate surface area is 147 Å². The molecule has 4 rings (SSSR count). The summed E-state index contributed by atoms with van der Waals surface area (Å²) < 4.78 is 4.85. The van der Waals surface area contributed by atoms with Gasteiger partial charge in [-0.05, 0) is 41.5 Å². The van der Waals surface area contributed by atoms with Crippen LogP contribution >= 0.6 is 0 Å². The van der Waals surface area contributed by atoms with Crippen molar-refractivity contribution in [1.82, 2.24) is 0 Å². The van der Waals surface area contributed by atoms with Gasteiger partial charge in [0.05, 0.1) is 0 Å². The Balaban J connectivity index is 0.000000152. The van der Waals surface area contributed by atoms with Crippen LogP contribution in [0.5, 0.6) is 23.0 Å². The third-order valence-electron chi connectivity index (χ3n) is 3.89. The maximum atomic E-state index is 11.0. The number of hydrogen-bond donors (Lipinski definition) is 4. The van der Waals surface area contributed by atoms with E-state index in [2.05, 4.69) is 0 Å². The second kappa shape index (κ2) is 6.68. The molecule has 0 aliphatic rings. The minimum absolute atomic E-state index is 0.0753. The zero-order valence-corrected chi connectivity index (χ0v) is 13.8. The molecule has 132 valence electrons. The Hall–Kier alpha value is -3.67. The minimum atomic E-state index is -0.472. The number of aryl methyl sites for hydroxylation is 1. The van der Waals surface area contributed by atoms with E-state index in [9.17, 15) is 15.0 Å². The van der Waals surface area contributed by atoms with Crippen molar-refractivity contribution < 1.29 is 24.8 Å². The molecule has 1 aromatic heterocycles. The molecule has 0 aliphatic carbocycles. The van der Waals surface area contributed by atoms with Crippen LogP contribution in [0, 0.1) is 6.92 Å². The first-order chi connectivity index (χ1) is 12.3. The lowest BCUT2D eigenvalue weighted by molar-refractivity contribution is 0.403. The van der Waals surface area contributed by atoms with E-state index in [0.717, 1.165) is 10.8 Å². The van der Waals surface area contributed by atoms with Crippen LogP contribution in [0.3, 0.4) is 0 Å². The number of rotatable bonds is 0. The molecular weight excluding hydrogens is 336 g/mol. The lowest BCUT2D eigenvalue weighted by Gasteiger charge is -2.02. The molecule has 0 bridgehead atoms. The molecule has 0 saturated heterocycles. The number of hydrogen-bond acceptors (Lipinski definition) is 6. The molecule has 0 fully saturated rings. The number of fused-ring (bicyclic) bond motifs is 2. The van der Waals surface area contributed by atoms with Gasteiger partial charge in [-0.25, -0.2) is 4.79 Å². The summed E-state index contributed by atoms with van der Waals surface area (Å²) in [4.78, 5) is 11.0. The van der Waals surface area contributed by atoms with Crippen LogP contribution in [0.25, 0.3) is 21.7 Å². The van der Waals surface area contributed by atoms with E-state index in [1.807, 2.05) is 24.3 Å². The lowest BCUT2D eigenvalue weighted by Crippen LogP contribution is -1.97. The van der Waals surface area contributed by atoms with Crippen molar-refractivity contribution in [1.29, 1.82) is 0 Å². The van der Waals surface area contributed by atoms with Crippen molar-refractivity contribution in [3.63, 3.8) is 0 Å². The van der Waals surface area contributed by atoms with Gasteiger partial charge in [-0.3, -0.25) is 0 Å². The SMILES string of the molecule is Cc1cc(=O)oc2cc(O)c(O)cc12.Oc1cc2ccccc2cc1O. The van der Waals surface area contributed by atoms with Gasteiger partial charge < -0.3 is 24.8 Å². The maximum Gasteiger partial charge on any atom is 0.336 e. The molecular formula is C20H16O6. The Morgan fingerprint density at radius 2 is 1.23 bits per heavy atom. The Bertz CT molecular complexity index is 1120. The van der Waals surface area contributed by atoms with Crippen molar-refractivity contribution in [3.05, 3.63) is 70.6 Å². The summed E-state index contributed by atoms with van der Waals surface area (Å²) in [6.07, 6.45) is 0. The van der Waals surface area contributed by atoms with Gasteiger partial charge in [0.15, 0.2) is 23.0 Å². The molecule has 26 heavy (non-hydrogen) atoms. The molecule has 0 amide bonds. The first kappa shape index (κ1) is 17.2. The number of benzene rings is 3. The average molecular weight is 352 g/mol. The summed E-state index contributed by atoms with van der Waals surface area (Å²) in [5.74, 6) is -0.678. The Morgan fingerprint density at radius 1 is 0.731 bits per heavy atom. The molecule has 0 atom stereocenters. The molecule has 0 saturated carbocycles. The van der Waals surface area contributed by atoms with Gasteiger partial charge in [0, 0.05) is 17.5 Å². The lowest BCUT2D eigenvalue weighted by atomic mass is 10.1. The summed E-state index contributed by atoms with van der Waals surface area (Å²) >= 11 is 0. The molecule has 1 heterocycles. The monoisotopic (exact) mass is 352 g/mol. The van der Waals surface area contributed by atoms with E-state index >= 15 is 0 Å². The molecule has 0 radical (unpaired) electrons. The largest absolute Gasteiger partial charge is 0.504 e. The van der Waals surface area contributed by atoms with Gasteiger partial charge in [-0.15, -0.1) is 0 Å². The fourth-order valence-electron chi connectivity index (χ4n) is 2.56. The van der Waals surface area contributed by atoms with Crippen molar-refractivity contribution >= 4 is 21.7 Å². The van der Waals surface area contributed by atoms with E-state index in [1.165, 1.54) is 18.2 Å². The van der Waals surface area contributed by atoms with E-state index < -0.39 is 5.63 Å². The van der Waals surface area contributed by atoms with E-state index in [0.29, 0.717) is 10.9 Å². The van der Waals surface area contributed by atoms with Gasteiger partial charge in [0.2, 0.25) is 0 Å². The minimum Gasteiger partial charge on any atom is -0.504 e. The quantitative estimate of drug-likeness (QED) is 0.283. The fourth-order valence-corrected chi connectivity index (χ4v) is 2.56. The standard InChI is InChI=1S/C10H8O4.C10H8O2/c1-5-2-10(13)14-9-4-8(12)7(11)3-6(5)9;11-9-5-7-3-1-2-4-8(7)6-10(9)12/h2-4,11-12H,1H3;1-6,11-12H. The second-order valence-electron chi connectivity index (χ2n) is 5.77. The van der Waals surface area contributed by atoms with Crippen LogP contribution < -0.4 is 5.63 Å². The molecule has 6 nitrogen and oxygen atoms in total. The van der Waals surface area contributed by atoms with Crippen LogP contribution in [0.1, 0.15) is 5.56 Å². The zero-order chi connectivity index (χ0) is 18.8. The summed E-state index contributed by atoms with van der Waals surface area (Å²) in [5.41, 5.74) is 0.497. The molecule has 3 aromatic carbocycles. The molecule has 0 spiro atoms. The number of aromatic hydroxyl groups is 4. The number of phenolic OH excluding ortho intramolecular Hbond substituents is 4. The van der Waals surface area contributed by atoms with Crippen molar-refractivity contribution in [3.8, 4) is 23.0 Å². The van der Waals surface area contributed by atoms with Gasteiger partial charge in [-0.1, -0.05) is 24.3 Å². The molecule has 0 unspecified atom stereocenters. The number of phenols is 4. The first-order valence-corrected chi connectivity index (χ1v) is 7.72. The molecule has 6 heteroatoms. The average Bonchev–Trinajstić information content (AvgIpc) is 2.58. The third-order valence-corrected chi connectivity index (χ3v) is 3.89. The summed E-state index contributed by atoms with van der Waals surface area (Å²) in [6, 6.07) is 14.6. The van der Waals surface area contributed by atoms with Gasteiger partial charge in [-0.2, -0.15) is 0 Å². The normalized spacial score (nSPS) is 10.5.